The average Bonchev–Trinajstić information content (AvgIpc) is 2.38. The van der Waals surface area contributed by atoms with Crippen molar-refractivity contribution in [3.63, 3.8) is 0 Å². The van der Waals surface area contributed by atoms with Gasteiger partial charge in [-0.1, -0.05) is 60.2 Å². The predicted molar refractivity (Wildman–Crippen MR) is 70.8 cm³/mol. The molecule has 2 rings (SSSR count). The Kier molecular flexibility index (Phi) is 3.94. The molecule has 0 aliphatic heterocycles. The summed E-state index contributed by atoms with van der Waals surface area (Å²) in [6.07, 6.45) is 0.135. The Morgan fingerprint density at radius 1 is 0.941 bits per heavy atom. The molecule has 0 heterocycles. The minimum Gasteiger partial charge on any atom is -0.369 e. The predicted octanol–water partition coefficient (Wildman–Crippen LogP) is 4.27. The zero-order chi connectivity index (χ0) is 12.1. The van der Waals surface area contributed by atoms with Crippen LogP contribution in [0.2, 0.25) is 0 Å². The molecule has 0 aliphatic carbocycles. The zero-order valence-electron chi connectivity index (χ0n) is 10.4. The molecular weight excluding hydrogens is 208 g/mol. The van der Waals surface area contributed by atoms with Crippen LogP contribution in [0.3, 0.4) is 0 Å². The highest BCUT2D eigenvalue weighted by atomic mass is 16.5. The van der Waals surface area contributed by atoms with Gasteiger partial charge in [-0.3, -0.25) is 0 Å². The van der Waals surface area contributed by atoms with Crippen LogP contribution in [-0.4, -0.2) is 0 Å². The molecule has 2 aromatic rings. The van der Waals surface area contributed by atoms with Crippen LogP contribution in [0, 0.1) is 6.92 Å². The Morgan fingerprint density at radius 2 is 1.59 bits per heavy atom. The van der Waals surface area contributed by atoms with Crippen molar-refractivity contribution in [3.05, 3.63) is 71.3 Å². The number of aryl methyl sites for hydroxylation is 1. The van der Waals surface area contributed by atoms with Crippen LogP contribution >= 0.6 is 0 Å². The van der Waals surface area contributed by atoms with Gasteiger partial charge in [-0.25, -0.2) is 0 Å². The molecule has 0 radical (unpaired) electrons. The van der Waals surface area contributed by atoms with E-state index < -0.39 is 0 Å². The second-order valence-corrected chi connectivity index (χ2v) is 4.35. The van der Waals surface area contributed by atoms with Gasteiger partial charge in [0.15, 0.2) is 0 Å². The fourth-order valence-electron chi connectivity index (χ4n) is 1.73. The lowest BCUT2D eigenvalue weighted by Crippen LogP contribution is -2.00. The lowest BCUT2D eigenvalue weighted by atomic mass is 10.1. The third kappa shape index (κ3) is 3.43. The second kappa shape index (κ2) is 5.65. The van der Waals surface area contributed by atoms with Gasteiger partial charge in [-0.2, -0.15) is 0 Å². The molecule has 0 saturated heterocycles. The number of hydrogen-bond donors (Lipinski definition) is 0. The van der Waals surface area contributed by atoms with E-state index in [4.69, 9.17) is 4.74 Å². The van der Waals surface area contributed by atoms with Gasteiger partial charge in [-0.15, -0.1) is 0 Å². The highest BCUT2D eigenvalue weighted by Gasteiger charge is 2.05. The average molecular weight is 226 g/mol. The quantitative estimate of drug-likeness (QED) is 0.756. The molecule has 2 aromatic carbocycles. The lowest BCUT2D eigenvalue weighted by molar-refractivity contribution is 0.0525. The number of hydrogen-bond acceptors (Lipinski definition) is 1. The first-order chi connectivity index (χ1) is 8.25. The van der Waals surface area contributed by atoms with Crippen LogP contribution in [0.1, 0.15) is 29.7 Å². The standard InChI is InChI=1S/C16H18O/c1-13-8-10-16(11-9-13)14(2)17-12-15-6-4-3-5-7-15/h3-11,14H,12H2,1-2H3/t14-/m1/s1. The highest BCUT2D eigenvalue weighted by molar-refractivity contribution is 5.23. The summed E-state index contributed by atoms with van der Waals surface area (Å²) in [5.41, 5.74) is 3.72. The SMILES string of the molecule is Cc1ccc([C@@H](C)OCc2ccccc2)cc1. The van der Waals surface area contributed by atoms with E-state index in [0.29, 0.717) is 6.61 Å². The summed E-state index contributed by atoms with van der Waals surface area (Å²) < 4.78 is 5.85. The van der Waals surface area contributed by atoms with Crippen molar-refractivity contribution in [2.75, 3.05) is 0 Å². The van der Waals surface area contributed by atoms with E-state index in [1.807, 2.05) is 18.2 Å². The monoisotopic (exact) mass is 226 g/mol. The number of benzene rings is 2. The van der Waals surface area contributed by atoms with E-state index in [-0.39, 0.29) is 6.10 Å². The van der Waals surface area contributed by atoms with Crippen molar-refractivity contribution >= 4 is 0 Å². The molecule has 17 heavy (non-hydrogen) atoms. The Labute approximate surface area is 103 Å². The topological polar surface area (TPSA) is 9.23 Å². The van der Waals surface area contributed by atoms with Gasteiger partial charge in [0.1, 0.15) is 0 Å². The minimum absolute atomic E-state index is 0.135. The Bertz CT molecular complexity index is 445. The lowest BCUT2D eigenvalue weighted by Gasteiger charge is -2.13. The first kappa shape index (κ1) is 11.9. The van der Waals surface area contributed by atoms with E-state index in [1.54, 1.807) is 0 Å². The number of rotatable bonds is 4. The first-order valence-electron chi connectivity index (χ1n) is 5.98. The molecule has 1 heteroatoms. The molecule has 0 bridgehead atoms. The van der Waals surface area contributed by atoms with E-state index in [2.05, 4.69) is 50.2 Å². The van der Waals surface area contributed by atoms with Gasteiger partial charge in [0.05, 0.1) is 12.7 Å². The van der Waals surface area contributed by atoms with Crippen molar-refractivity contribution in [1.82, 2.24) is 0 Å². The van der Waals surface area contributed by atoms with E-state index in [9.17, 15) is 0 Å². The Hall–Kier alpha value is -1.60. The summed E-state index contributed by atoms with van der Waals surface area (Å²) in [4.78, 5) is 0. The Morgan fingerprint density at radius 3 is 2.24 bits per heavy atom. The third-order valence-electron chi connectivity index (χ3n) is 2.89. The van der Waals surface area contributed by atoms with Crippen molar-refractivity contribution in [1.29, 1.82) is 0 Å². The third-order valence-corrected chi connectivity index (χ3v) is 2.89. The summed E-state index contributed by atoms with van der Waals surface area (Å²) in [7, 11) is 0. The van der Waals surface area contributed by atoms with Crippen LogP contribution < -0.4 is 0 Å². The zero-order valence-corrected chi connectivity index (χ0v) is 10.4. The van der Waals surface area contributed by atoms with Crippen molar-refractivity contribution < 1.29 is 4.74 Å². The van der Waals surface area contributed by atoms with Gasteiger partial charge < -0.3 is 4.74 Å². The van der Waals surface area contributed by atoms with Gasteiger partial charge in [0.2, 0.25) is 0 Å². The van der Waals surface area contributed by atoms with Gasteiger partial charge in [0.25, 0.3) is 0 Å². The van der Waals surface area contributed by atoms with Gasteiger partial charge in [0, 0.05) is 0 Å². The maximum Gasteiger partial charge on any atom is 0.0801 e. The number of ether oxygens (including phenoxy) is 1. The molecule has 0 aliphatic rings. The first-order valence-corrected chi connectivity index (χ1v) is 5.98. The van der Waals surface area contributed by atoms with Crippen LogP contribution in [0.25, 0.3) is 0 Å². The van der Waals surface area contributed by atoms with E-state index >= 15 is 0 Å². The fourth-order valence-corrected chi connectivity index (χ4v) is 1.73. The fraction of sp³-hybridized carbons (Fsp3) is 0.250. The molecule has 0 aromatic heterocycles. The molecule has 0 spiro atoms. The maximum atomic E-state index is 5.85. The Balaban J connectivity index is 1.93. The molecule has 0 amide bonds. The highest BCUT2D eigenvalue weighted by Crippen LogP contribution is 2.18. The summed E-state index contributed by atoms with van der Waals surface area (Å²) in [6, 6.07) is 18.8. The van der Waals surface area contributed by atoms with Crippen LogP contribution in [-0.2, 0) is 11.3 Å². The minimum atomic E-state index is 0.135. The molecule has 88 valence electrons. The van der Waals surface area contributed by atoms with E-state index in [0.717, 1.165) is 0 Å². The summed E-state index contributed by atoms with van der Waals surface area (Å²) in [5, 5.41) is 0. The van der Waals surface area contributed by atoms with Gasteiger partial charge in [-0.05, 0) is 25.0 Å². The summed E-state index contributed by atoms with van der Waals surface area (Å²) >= 11 is 0. The molecule has 1 atom stereocenters. The molecular formula is C16H18O. The second-order valence-electron chi connectivity index (χ2n) is 4.35. The summed E-state index contributed by atoms with van der Waals surface area (Å²) in [5.74, 6) is 0. The van der Waals surface area contributed by atoms with Crippen LogP contribution in [0.4, 0.5) is 0 Å². The largest absolute Gasteiger partial charge is 0.369 e. The van der Waals surface area contributed by atoms with Crippen molar-refractivity contribution in [3.8, 4) is 0 Å². The van der Waals surface area contributed by atoms with E-state index in [1.165, 1.54) is 16.7 Å². The molecule has 0 saturated carbocycles. The normalized spacial score (nSPS) is 12.4. The molecule has 0 unspecified atom stereocenters. The van der Waals surface area contributed by atoms with Crippen molar-refractivity contribution in [2.45, 2.75) is 26.6 Å². The smallest absolute Gasteiger partial charge is 0.0801 e. The van der Waals surface area contributed by atoms with Gasteiger partial charge >= 0.3 is 0 Å². The molecule has 1 nitrogen and oxygen atoms in total. The molecule has 0 fully saturated rings. The van der Waals surface area contributed by atoms with Crippen molar-refractivity contribution in [2.24, 2.45) is 0 Å². The maximum absolute atomic E-state index is 5.85. The molecule has 0 N–H and O–H groups in total. The van der Waals surface area contributed by atoms with Crippen LogP contribution in [0.5, 0.6) is 0 Å². The van der Waals surface area contributed by atoms with Crippen LogP contribution in [0.15, 0.2) is 54.6 Å². The summed E-state index contributed by atoms with van der Waals surface area (Å²) in [6.45, 7) is 4.85.